The number of aliphatic imine (C=N–C) groups is 1. The summed E-state index contributed by atoms with van der Waals surface area (Å²) in [5.74, 6) is 0.510. The van der Waals surface area contributed by atoms with E-state index in [-0.39, 0.29) is 12.5 Å². The number of ether oxygens (including phenoxy) is 1. The van der Waals surface area contributed by atoms with Crippen LogP contribution in [0.5, 0.6) is 0 Å². The summed E-state index contributed by atoms with van der Waals surface area (Å²) in [6, 6.07) is 0. The monoisotopic (exact) mass is 313 g/mol. The SMILES string of the molecule is CN=C(NCCc1ncc(C)s1)NCC(=O)NCCOC. The Morgan fingerprint density at radius 3 is 2.81 bits per heavy atom. The molecule has 0 aliphatic rings. The van der Waals surface area contributed by atoms with Gasteiger partial charge in [-0.3, -0.25) is 9.79 Å². The molecule has 1 heterocycles. The minimum absolute atomic E-state index is 0.0921. The standard InChI is InChI=1S/C13H23N5O2S/c1-10-8-17-12(21-10)4-5-16-13(14-2)18-9-11(19)15-6-7-20-3/h8H,4-7,9H2,1-3H3,(H,15,19)(H2,14,16,18). The molecule has 0 unspecified atom stereocenters. The third kappa shape index (κ3) is 7.62. The molecule has 0 aliphatic heterocycles. The summed E-state index contributed by atoms with van der Waals surface area (Å²) >= 11 is 1.69. The second-order valence-corrected chi connectivity index (χ2v) is 5.63. The molecule has 0 aromatic carbocycles. The minimum Gasteiger partial charge on any atom is -0.383 e. The third-order valence-electron chi connectivity index (χ3n) is 2.57. The summed E-state index contributed by atoms with van der Waals surface area (Å²) in [5.41, 5.74) is 0. The molecule has 1 rings (SSSR count). The van der Waals surface area contributed by atoms with Crippen LogP contribution in [0.2, 0.25) is 0 Å². The van der Waals surface area contributed by atoms with E-state index in [0.29, 0.717) is 19.1 Å². The fraction of sp³-hybridized carbons (Fsp3) is 0.615. The number of hydrogen-bond acceptors (Lipinski definition) is 5. The van der Waals surface area contributed by atoms with Gasteiger partial charge in [0, 0.05) is 44.7 Å². The maximum atomic E-state index is 11.5. The van der Waals surface area contributed by atoms with E-state index in [1.807, 2.05) is 13.1 Å². The average molecular weight is 313 g/mol. The van der Waals surface area contributed by atoms with E-state index in [0.717, 1.165) is 18.0 Å². The number of nitrogens with one attached hydrogen (secondary N) is 3. The molecule has 0 saturated carbocycles. The summed E-state index contributed by atoms with van der Waals surface area (Å²) < 4.78 is 4.86. The molecule has 1 amide bonds. The zero-order chi connectivity index (χ0) is 15.5. The molecule has 0 fully saturated rings. The van der Waals surface area contributed by atoms with Gasteiger partial charge in [0.25, 0.3) is 0 Å². The van der Waals surface area contributed by atoms with Crippen molar-refractivity contribution < 1.29 is 9.53 Å². The molecule has 3 N–H and O–H groups in total. The lowest BCUT2D eigenvalue weighted by Gasteiger charge is -2.11. The second-order valence-electron chi connectivity index (χ2n) is 4.31. The first-order valence-electron chi connectivity index (χ1n) is 6.77. The van der Waals surface area contributed by atoms with Crippen LogP contribution in [0.3, 0.4) is 0 Å². The quantitative estimate of drug-likeness (QED) is 0.355. The number of carbonyl (C=O) groups is 1. The first-order valence-corrected chi connectivity index (χ1v) is 7.58. The van der Waals surface area contributed by atoms with Gasteiger partial charge in [0.05, 0.1) is 18.2 Å². The molecule has 1 aromatic rings. The maximum Gasteiger partial charge on any atom is 0.239 e. The van der Waals surface area contributed by atoms with Crippen LogP contribution in [0, 0.1) is 6.92 Å². The number of aryl methyl sites for hydroxylation is 1. The molecule has 21 heavy (non-hydrogen) atoms. The highest BCUT2D eigenvalue weighted by Crippen LogP contribution is 2.10. The fourth-order valence-electron chi connectivity index (χ4n) is 1.54. The summed E-state index contributed by atoms with van der Waals surface area (Å²) in [6.07, 6.45) is 2.71. The van der Waals surface area contributed by atoms with Crippen molar-refractivity contribution in [3.8, 4) is 0 Å². The predicted molar refractivity (Wildman–Crippen MR) is 84.8 cm³/mol. The highest BCUT2D eigenvalue weighted by molar-refractivity contribution is 7.11. The number of thiazole rings is 1. The number of guanidine groups is 1. The number of methoxy groups -OCH3 is 1. The second kappa shape index (κ2) is 10.1. The van der Waals surface area contributed by atoms with E-state index < -0.39 is 0 Å². The molecule has 0 bridgehead atoms. The van der Waals surface area contributed by atoms with E-state index in [4.69, 9.17) is 4.74 Å². The molecule has 0 radical (unpaired) electrons. The molecular formula is C13H23N5O2S. The van der Waals surface area contributed by atoms with Gasteiger partial charge in [-0.05, 0) is 6.92 Å². The molecule has 8 heteroatoms. The summed E-state index contributed by atoms with van der Waals surface area (Å²) in [4.78, 5) is 21.1. The smallest absolute Gasteiger partial charge is 0.239 e. The Hall–Kier alpha value is -1.67. The van der Waals surface area contributed by atoms with Crippen LogP contribution in [-0.4, -0.2) is 57.2 Å². The van der Waals surface area contributed by atoms with Crippen molar-refractivity contribution in [1.29, 1.82) is 0 Å². The van der Waals surface area contributed by atoms with Gasteiger partial charge in [-0.2, -0.15) is 0 Å². The Bertz CT molecular complexity index is 461. The number of aromatic nitrogens is 1. The summed E-state index contributed by atoms with van der Waals surface area (Å²) in [7, 11) is 3.27. The van der Waals surface area contributed by atoms with E-state index in [2.05, 4.69) is 25.9 Å². The molecule has 0 saturated heterocycles. The molecule has 1 aromatic heterocycles. The van der Waals surface area contributed by atoms with Gasteiger partial charge in [-0.1, -0.05) is 0 Å². The van der Waals surface area contributed by atoms with Gasteiger partial charge in [-0.25, -0.2) is 4.98 Å². The van der Waals surface area contributed by atoms with E-state index in [9.17, 15) is 4.79 Å². The lowest BCUT2D eigenvalue weighted by Crippen LogP contribution is -2.44. The van der Waals surface area contributed by atoms with Gasteiger partial charge < -0.3 is 20.7 Å². The predicted octanol–water partition coefficient (Wildman–Crippen LogP) is -0.0784. The zero-order valence-electron chi connectivity index (χ0n) is 12.7. The lowest BCUT2D eigenvalue weighted by molar-refractivity contribution is -0.120. The van der Waals surface area contributed by atoms with Crippen molar-refractivity contribution in [1.82, 2.24) is 20.9 Å². The van der Waals surface area contributed by atoms with Crippen LogP contribution in [0.4, 0.5) is 0 Å². The van der Waals surface area contributed by atoms with Crippen LogP contribution in [0.15, 0.2) is 11.2 Å². The molecule has 0 aliphatic carbocycles. The van der Waals surface area contributed by atoms with Crippen LogP contribution in [0.25, 0.3) is 0 Å². The number of nitrogens with zero attached hydrogens (tertiary/aromatic N) is 2. The van der Waals surface area contributed by atoms with Gasteiger partial charge in [0.15, 0.2) is 5.96 Å². The maximum absolute atomic E-state index is 11.5. The Morgan fingerprint density at radius 2 is 2.19 bits per heavy atom. The van der Waals surface area contributed by atoms with Crippen molar-refractivity contribution in [3.05, 3.63) is 16.1 Å². The Labute approximate surface area is 129 Å². The summed E-state index contributed by atoms with van der Waals surface area (Å²) in [6.45, 7) is 3.95. The highest BCUT2D eigenvalue weighted by Gasteiger charge is 2.03. The van der Waals surface area contributed by atoms with Gasteiger partial charge >= 0.3 is 0 Å². The van der Waals surface area contributed by atoms with Crippen molar-refractivity contribution >= 4 is 23.2 Å². The minimum atomic E-state index is -0.0921. The van der Waals surface area contributed by atoms with Crippen molar-refractivity contribution in [2.24, 2.45) is 4.99 Å². The average Bonchev–Trinajstić information content (AvgIpc) is 2.88. The van der Waals surface area contributed by atoms with Crippen molar-refractivity contribution in [3.63, 3.8) is 0 Å². The van der Waals surface area contributed by atoms with Crippen LogP contribution in [-0.2, 0) is 16.0 Å². The van der Waals surface area contributed by atoms with Crippen LogP contribution < -0.4 is 16.0 Å². The lowest BCUT2D eigenvalue weighted by atomic mass is 10.4. The van der Waals surface area contributed by atoms with Crippen molar-refractivity contribution in [2.45, 2.75) is 13.3 Å². The Morgan fingerprint density at radius 1 is 1.38 bits per heavy atom. The van der Waals surface area contributed by atoms with Crippen LogP contribution in [0.1, 0.15) is 9.88 Å². The largest absolute Gasteiger partial charge is 0.383 e. The normalized spacial score (nSPS) is 11.3. The molecule has 0 spiro atoms. The molecule has 118 valence electrons. The Kier molecular flexibility index (Phi) is 8.37. The number of carbonyl (C=O) groups excluding carboxylic acids is 1. The van der Waals surface area contributed by atoms with Gasteiger partial charge in [0.1, 0.15) is 0 Å². The molecule has 0 atom stereocenters. The van der Waals surface area contributed by atoms with E-state index >= 15 is 0 Å². The fourth-order valence-corrected chi connectivity index (χ4v) is 2.33. The van der Waals surface area contributed by atoms with Crippen molar-refractivity contribution in [2.75, 3.05) is 40.4 Å². The molecular weight excluding hydrogens is 290 g/mol. The van der Waals surface area contributed by atoms with E-state index in [1.165, 1.54) is 4.88 Å². The topological polar surface area (TPSA) is 87.6 Å². The number of hydrogen-bond donors (Lipinski definition) is 3. The number of rotatable bonds is 8. The van der Waals surface area contributed by atoms with Gasteiger partial charge in [-0.15, -0.1) is 11.3 Å². The zero-order valence-corrected chi connectivity index (χ0v) is 13.5. The van der Waals surface area contributed by atoms with E-state index in [1.54, 1.807) is 25.5 Å². The Balaban J connectivity index is 2.18. The number of amides is 1. The highest BCUT2D eigenvalue weighted by atomic mass is 32.1. The first kappa shape index (κ1) is 17.4. The third-order valence-corrected chi connectivity index (χ3v) is 3.54. The summed E-state index contributed by atoms with van der Waals surface area (Å²) in [5, 5.41) is 9.93. The molecule has 7 nitrogen and oxygen atoms in total. The first-order chi connectivity index (χ1) is 10.2. The van der Waals surface area contributed by atoms with Gasteiger partial charge in [0.2, 0.25) is 5.91 Å². The van der Waals surface area contributed by atoms with Crippen LogP contribution >= 0.6 is 11.3 Å².